The zero-order valence-electron chi connectivity index (χ0n) is 6.45. The van der Waals surface area contributed by atoms with E-state index in [2.05, 4.69) is 3.73 Å². The van der Waals surface area contributed by atoms with Gasteiger partial charge in [-0.3, -0.25) is 0 Å². The summed E-state index contributed by atoms with van der Waals surface area (Å²) in [5.74, 6) is 0. The third-order valence-corrected chi connectivity index (χ3v) is 4.13. The molecule has 0 aromatic heterocycles. The molecule has 5 nitrogen and oxygen atoms in total. The first-order valence-electron chi connectivity index (χ1n) is 3.33. The molecule has 1 aromatic carbocycles. The summed E-state index contributed by atoms with van der Waals surface area (Å²) < 4.78 is 24.3. The van der Waals surface area contributed by atoms with Gasteiger partial charge in [0.25, 0.3) is 0 Å². The second-order valence-electron chi connectivity index (χ2n) is 2.21. The van der Waals surface area contributed by atoms with E-state index in [1.165, 1.54) is 24.3 Å². The second kappa shape index (κ2) is 3.68. The summed E-state index contributed by atoms with van der Waals surface area (Å²) in [6, 6.07) is 7.42. The number of carboxylic acid groups (broad SMARTS) is 1. The van der Waals surface area contributed by atoms with Crippen LogP contribution < -0.4 is 4.35 Å². The van der Waals surface area contributed by atoms with Gasteiger partial charge in [-0.2, -0.15) is 0 Å². The molecule has 0 radical (unpaired) electrons. The Morgan fingerprint density at radius 3 is 2.31 bits per heavy atom. The van der Waals surface area contributed by atoms with Crippen molar-refractivity contribution in [2.24, 2.45) is 0 Å². The maximum absolute atomic E-state index is 11.2. The van der Waals surface area contributed by atoms with Crippen LogP contribution in [0, 0.1) is 0 Å². The van der Waals surface area contributed by atoms with Crippen LogP contribution in [0.2, 0.25) is 0 Å². The van der Waals surface area contributed by atoms with Gasteiger partial charge in [-0.15, -0.1) is 0 Å². The summed E-state index contributed by atoms with van der Waals surface area (Å²) in [4.78, 5) is 10.0. The van der Waals surface area contributed by atoms with Gasteiger partial charge in [-0.1, -0.05) is 0 Å². The molecule has 0 aliphatic heterocycles. The maximum atomic E-state index is 11.2. The van der Waals surface area contributed by atoms with Crippen molar-refractivity contribution in [3.8, 4) is 0 Å². The quantitative estimate of drug-likeness (QED) is 0.714. The normalized spacial score (nSPS) is 14.5. The fourth-order valence-electron chi connectivity index (χ4n) is 0.775. The second-order valence-corrected chi connectivity index (χ2v) is 5.86. The zero-order valence-corrected chi connectivity index (χ0v) is 8.33. The molecule has 1 aromatic rings. The molecule has 1 rings (SSSR count). The van der Waals surface area contributed by atoms with Crippen LogP contribution in [0.3, 0.4) is 0 Å². The van der Waals surface area contributed by atoms with E-state index in [0.29, 0.717) is 0 Å². The molecule has 0 heterocycles. The van der Waals surface area contributed by atoms with Crippen molar-refractivity contribution in [2.45, 2.75) is 0 Å². The van der Waals surface area contributed by atoms with E-state index >= 15 is 0 Å². The molecule has 0 fully saturated rings. The third kappa shape index (κ3) is 2.64. The molecule has 0 saturated carbocycles. The minimum absolute atomic E-state index is 0.0167. The Labute approximate surface area is 77.0 Å². The first-order valence-corrected chi connectivity index (χ1v) is 6.64. The molecule has 13 heavy (non-hydrogen) atoms. The molecular weight excluding hydrogens is 239 g/mol. The number of hydrogen-bond donors (Lipinski definition) is 2. The minimum atomic E-state index is -4.84. The van der Waals surface area contributed by atoms with Crippen LogP contribution >= 0.6 is 0 Å². The average molecular weight is 246 g/mol. The summed E-state index contributed by atoms with van der Waals surface area (Å²) in [5.41, 5.74) is 0. The SMILES string of the molecule is O=C(O)O[As](=O)(O)c1ccccc1. The zero-order chi connectivity index (χ0) is 9.90. The van der Waals surface area contributed by atoms with E-state index in [0.717, 1.165) is 0 Å². The fourth-order valence-corrected chi connectivity index (χ4v) is 2.59. The molecule has 0 amide bonds. The van der Waals surface area contributed by atoms with Crippen LogP contribution in [0.25, 0.3) is 0 Å². The Morgan fingerprint density at radius 1 is 1.31 bits per heavy atom. The first kappa shape index (κ1) is 9.89. The van der Waals surface area contributed by atoms with Gasteiger partial charge in [0.2, 0.25) is 0 Å². The van der Waals surface area contributed by atoms with Gasteiger partial charge in [0.1, 0.15) is 0 Å². The molecule has 0 spiro atoms. The Kier molecular flexibility index (Phi) is 2.80. The first-order chi connectivity index (χ1) is 6.02. The number of benzene rings is 1. The third-order valence-electron chi connectivity index (χ3n) is 1.28. The van der Waals surface area contributed by atoms with Crippen molar-refractivity contribution < 1.29 is 21.5 Å². The summed E-state index contributed by atoms with van der Waals surface area (Å²) in [6.07, 6.45) is -1.74. The monoisotopic (exact) mass is 246 g/mol. The molecule has 0 saturated heterocycles. The number of carbonyl (C=O) groups is 1. The molecular formula is C7H7AsO5. The number of rotatable bonds is 2. The van der Waals surface area contributed by atoms with Crippen molar-refractivity contribution >= 4 is 24.7 Å². The Bertz CT molecular complexity index is 347. The van der Waals surface area contributed by atoms with Crippen LogP contribution in [0.1, 0.15) is 0 Å². The Morgan fingerprint density at radius 2 is 1.85 bits per heavy atom. The Hall–Kier alpha value is -1.19. The summed E-state index contributed by atoms with van der Waals surface area (Å²) in [7, 11) is 0. The van der Waals surface area contributed by atoms with E-state index in [4.69, 9.17) is 9.20 Å². The van der Waals surface area contributed by atoms with Crippen LogP contribution in [-0.4, -0.2) is 29.5 Å². The van der Waals surface area contributed by atoms with Crippen LogP contribution in [0.4, 0.5) is 4.79 Å². The fraction of sp³-hybridized carbons (Fsp3) is 0. The van der Waals surface area contributed by atoms with Crippen LogP contribution in [-0.2, 0) is 7.47 Å². The summed E-state index contributed by atoms with van der Waals surface area (Å²) in [5, 5.41) is 8.17. The van der Waals surface area contributed by atoms with Gasteiger partial charge in [0.15, 0.2) is 0 Å². The van der Waals surface area contributed by atoms with Gasteiger partial charge in [-0.25, -0.2) is 0 Å². The molecule has 1 unspecified atom stereocenters. The van der Waals surface area contributed by atoms with Crippen molar-refractivity contribution in [1.29, 1.82) is 0 Å². The predicted octanol–water partition coefficient (Wildman–Crippen LogP) is -0.0501. The average Bonchev–Trinajstić information content (AvgIpc) is 2.04. The van der Waals surface area contributed by atoms with Gasteiger partial charge < -0.3 is 0 Å². The molecule has 70 valence electrons. The molecule has 0 aliphatic carbocycles. The predicted molar refractivity (Wildman–Crippen MR) is 43.8 cm³/mol. The van der Waals surface area contributed by atoms with Gasteiger partial charge in [-0.05, 0) is 0 Å². The molecule has 0 bridgehead atoms. The standard InChI is InChI=1S/C7H7AsO5/c9-7(10)13-8(11,12)6-4-2-1-3-5-6/h1-5H,(H,9,10)(H,11,12). The number of hydrogen-bond acceptors (Lipinski definition) is 3. The van der Waals surface area contributed by atoms with Gasteiger partial charge >= 0.3 is 76.5 Å². The van der Waals surface area contributed by atoms with E-state index in [1.807, 2.05) is 0 Å². The van der Waals surface area contributed by atoms with E-state index < -0.39 is 20.3 Å². The van der Waals surface area contributed by atoms with E-state index in [-0.39, 0.29) is 4.35 Å². The van der Waals surface area contributed by atoms with Crippen LogP contribution in [0.15, 0.2) is 30.3 Å². The van der Waals surface area contributed by atoms with Crippen molar-refractivity contribution in [3.05, 3.63) is 30.3 Å². The molecule has 2 N–H and O–H groups in total. The topological polar surface area (TPSA) is 83.8 Å². The molecule has 0 aliphatic rings. The van der Waals surface area contributed by atoms with Crippen molar-refractivity contribution in [2.75, 3.05) is 0 Å². The van der Waals surface area contributed by atoms with E-state index in [1.54, 1.807) is 6.07 Å². The van der Waals surface area contributed by atoms with Crippen molar-refractivity contribution in [3.63, 3.8) is 0 Å². The van der Waals surface area contributed by atoms with E-state index in [9.17, 15) is 8.53 Å². The molecule has 6 heteroatoms. The summed E-state index contributed by atoms with van der Waals surface area (Å²) in [6.45, 7) is 0. The van der Waals surface area contributed by atoms with Gasteiger partial charge in [0.05, 0.1) is 0 Å². The summed E-state index contributed by atoms with van der Waals surface area (Å²) >= 11 is -4.84. The molecule has 1 atom stereocenters. The van der Waals surface area contributed by atoms with Crippen molar-refractivity contribution in [1.82, 2.24) is 0 Å². The van der Waals surface area contributed by atoms with Gasteiger partial charge in [0, 0.05) is 0 Å². The Balaban J connectivity index is 2.95. The van der Waals surface area contributed by atoms with Crippen LogP contribution in [0.5, 0.6) is 0 Å².